The fourth-order valence-corrected chi connectivity index (χ4v) is 3.94. The van der Waals surface area contributed by atoms with Gasteiger partial charge in [0.1, 0.15) is 0 Å². The number of nitrogens with one attached hydrogen (secondary N) is 1. The number of aromatic nitrogens is 2. The number of benzene rings is 1. The summed E-state index contributed by atoms with van der Waals surface area (Å²) >= 11 is 1.92. The lowest BCUT2D eigenvalue weighted by Gasteiger charge is -2.29. The molecule has 1 fully saturated rings. The minimum absolute atomic E-state index is 0.0296. The highest BCUT2D eigenvalue weighted by atomic mass is 32.2. The summed E-state index contributed by atoms with van der Waals surface area (Å²) in [6.07, 6.45) is 4.73. The number of carbonyl (C=O) groups is 1. The predicted octanol–water partition coefficient (Wildman–Crippen LogP) is 3.47. The Hall–Kier alpha value is -1.95. The lowest BCUT2D eigenvalue weighted by atomic mass is 10.1. The SMILES string of the molecule is C[C@H](NC(=O)N1CCSCC[C@H]1C)c1cccc(-n2cccn2)c1. The molecule has 0 bridgehead atoms. The first-order chi connectivity index (χ1) is 11.6. The second-order valence-electron chi connectivity index (χ2n) is 6.16. The Bertz CT molecular complexity index is 673. The zero-order chi connectivity index (χ0) is 16.9. The standard InChI is InChI=1S/C18H24N4OS/c1-14-7-11-24-12-10-21(14)18(23)20-15(2)16-5-3-6-17(13-16)22-9-4-8-19-22/h3-6,8-9,13-15H,7,10-12H2,1-2H3,(H,20,23)/t14-,15+/m1/s1. The van der Waals surface area contributed by atoms with Crippen molar-refractivity contribution in [3.05, 3.63) is 48.3 Å². The Morgan fingerprint density at radius 1 is 1.38 bits per heavy atom. The zero-order valence-electron chi connectivity index (χ0n) is 14.2. The molecule has 3 rings (SSSR count). The van der Waals surface area contributed by atoms with Gasteiger partial charge >= 0.3 is 6.03 Å². The van der Waals surface area contributed by atoms with Crippen molar-refractivity contribution in [2.75, 3.05) is 18.1 Å². The van der Waals surface area contributed by atoms with E-state index in [0.717, 1.165) is 35.7 Å². The first-order valence-electron chi connectivity index (χ1n) is 8.40. The predicted molar refractivity (Wildman–Crippen MR) is 98.6 cm³/mol. The summed E-state index contributed by atoms with van der Waals surface area (Å²) in [4.78, 5) is 14.6. The molecule has 0 spiro atoms. The van der Waals surface area contributed by atoms with Crippen LogP contribution in [0.2, 0.25) is 0 Å². The molecule has 1 saturated heterocycles. The highest BCUT2D eigenvalue weighted by molar-refractivity contribution is 7.99. The van der Waals surface area contributed by atoms with Crippen LogP contribution >= 0.6 is 11.8 Å². The Morgan fingerprint density at radius 2 is 2.25 bits per heavy atom. The number of rotatable bonds is 3. The second-order valence-corrected chi connectivity index (χ2v) is 7.39. The number of amides is 2. The third kappa shape index (κ3) is 3.93. The summed E-state index contributed by atoms with van der Waals surface area (Å²) in [7, 11) is 0. The van der Waals surface area contributed by atoms with Gasteiger partial charge in [0, 0.05) is 30.7 Å². The number of carbonyl (C=O) groups excluding carboxylic acids is 1. The third-order valence-corrected chi connectivity index (χ3v) is 5.42. The van der Waals surface area contributed by atoms with Crippen LogP contribution in [0.25, 0.3) is 5.69 Å². The summed E-state index contributed by atoms with van der Waals surface area (Å²) < 4.78 is 1.83. The molecule has 2 aromatic rings. The lowest BCUT2D eigenvalue weighted by Crippen LogP contribution is -2.46. The molecule has 0 radical (unpaired) electrons. The van der Waals surface area contributed by atoms with Gasteiger partial charge in [0.15, 0.2) is 0 Å². The number of urea groups is 1. The summed E-state index contributed by atoms with van der Waals surface area (Å²) in [5.74, 6) is 2.15. The van der Waals surface area contributed by atoms with Gasteiger partial charge in [0.25, 0.3) is 0 Å². The highest BCUT2D eigenvalue weighted by Gasteiger charge is 2.23. The van der Waals surface area contributed by atoms with Crippen molar-refractivity contribution in [1.82, 2.24) is 20.0 Å². The van der Waals surface area contributed by atoms with Crippen LogP contribution in [0.1, 0.15) is 31.9 Å². The van der Waals surface area contributed by atoms with E-state index in [1.165, 1.54) is 0 Å². The molecule has 1 aliphatic heterocycles. The third-order valence-electron chi connectivity index (χ3n) is 4.43. The topological polar surface area (TPSA) is 50.2 Å². The maximum absolute atomic E-state index is 12.6. The van der Waals surface area contributed by atoms with Crippen molar-refractivity contribution in [3.63, 3.8) is 0 Å². The van der Waals surface area contributed by atoms with Crippen molar-refractivity contribution in [2.45, 2.75) is 32.4 Å². The number of thioether (sulfide) groups is 1. The van der Waals surface area contributed by atoms with Crippen LogP contribution in [0.3, 0.4) is 0 Å². The lowest BCUT2D eigenvalue weighted by molar-refractivity contribution is 0.180. The van der Waals surface area contributed by atoms with Crippen molar-refractivity contribution >= 4 is 17.8 Å². The fourth-order valence-electron chi connectivity index (χ4n) is 2.91. The van der Waals surface area contributed by atoms with E-state index < -0.39 is 0 Å². The first-order valence-corrected chi connectivity index (χ1v) is 9.55. The molecule has 2 amide bonds. The molecule has 1 aliphatic rings. The average molecular weight is 344 g/mol. The Kier molecular flexibility index (Phi) is 5.45. The van der Waals surface area contributed by atoms with Crippen LogP contribution < -0.4 is 5.32 Å². The van der Waals surface area contributed by atoms with Crippen molar-refractivity contribution < 1.29 is 4.79 Å². The molecular weight excluding hydrogens is 320 g/mol. The van der Waals surface area contributed by atoms with Crippen LogP contribution in [0, 0.1) is 0 Å². The van der Waals surface area contributed by atoms with Gasteiger partial charge in [-0.25, -0.2) is 9.48 Å². The van der Waals surface area contributed by atoms with Crippen molar-refractivity contribution in [2.24, 2.45) is 0 Å². The molecule has 1 aromatic heterocycles. The largest absolute Gasteiger partial charge is 0.331 e. The van der Waals surface area contributed by atoms with E-state index >= 15 is 0 Å². The zero-order valence-corrected chi connectivity index (χ0v) is 15.0. The normalized spacial score (nSPS) is 19.6. The maximum Gasteiger partial charge on any atom is 0.318 e. The quantitative estimate of drug-likeness (QED) is 0.927. The summed E-state index contributed by atoms with van der Waals surface area (Å²) in [6.45, 7) is 4.98. The Morgan fingerprint density at radius 3 is 3.04 bits per heavy atom. The Labute approximate surface area is 147 Å². The molecule has 0 saturated carbocycles. The van der Waals surface area contributed by atoms with Crippen LogP contribution in [0.4, 0.5) is 4.79 Å². The fraction of sp³-hybridized carbons (Fsp3) is 0.444. The maximum atomic E-state index is 12.6. The van der Waals surface area contributed by atoms with Gasteiger partial charge in [-0.05, 0) is 49.8 Å². The van der Waals surface area contributed by atoms with Crippen molar-refractivity contribution in [3.8, 4) is 5.69 Å². The molecule has 5 nitrogen and oxygen atoms in total. The summed E-state index contributed by atoms with van der Waals surface area (Å²) in [6, 6.07) is 10.3. The molecule has 128 valence electrons. The molecule has 0 unspecified atom stereocenters. The molecule has 6 heteroatoms. The van der Waals surface area contributed by atoms with E-state index in [4.69, 9.17) is 0 Å². The van der Waals surface area contributed by atoms with E-state index in [0.29, 0.717) is 6.04 Å². The van der Waals surface area contributed by atoms with Crippen LogP contribution in [-0.2, 0) is 0 Å². The summed E-state index contributed by atoms with van der Waals surface area (Å²) in [5, 5.41) is 7.41. The van der Waals surface area contributed by atoms with E-state index in [2.05, 4.69) is 23.4 Å². The van der Waals surface area contributed by atoms with Gasteiger partial charge in [0.05, 0.1) is 11.7 Å². The van der Waals surface area contributed by atoms with Gasteiger partial charge in [-0.2, -0.15) is 16.9 Å². The highest BCUT2D eigenvalue weighted by Crippen LogP contribution is 2.19. The van der Waals surface area contributed by atoms with Gasteiger partial charge in [-0.1, -0.05) is 12.1 Å². The monoisotopic (exact) mass is 344 g/mol. The molecule has 1 N–H and O–H groups in total. The van der Waals surface area contributed by atoms with Crippen LogP contribution in [-0.4, -0.2) is 44.8 Å². The minimum atomic E-state index is -0.0453. The van der Waals surface area contributed by atoms with Crippen LogP contribution in [0.15, 0.2) is 42.7 Å². The number of nitrogens with zero attached hydrogens (tertiary/aromatic N) is 3. The van der Waals surface area contributed by atoms with Gasteiger partial charge in [-0.15, -0.1) is 0 Å². The molecule has 1 aromatic carbocycles. The van der Waals surface area contributed by atoms with Gasteiger partial charge in [-0.3, -0.25) is 0 Å². The molecule has 2 heterocycles. The molecule has 24 heavy (non-hydrogen) atoms. The van der Waals surface area contributed by atoms with E-state index in [9.17, 15) is 4.79 Å². The van der Waals surface area contributed by atoms with Crippen LogP contribution in [0.5, 0.6) is 0 Å². The molecular formula is C18H24N4OS. The van der Waals surface area contributed by atoms with Gasteiger partial charge < -0.3 is 10.2 Å². The van der Waals surface area contributed by atoms with Gasteiger partial charge in [0.2, 0.25) is 0 Å². The average Bonchev–Trinajstić information content (AvgIpc) is 3.04. The van der Waals surface area contributed by atoms with E-state index in [1.807, 2.05) is 58.7 Å². The minimum Gasteiger partial charge on any atom is -0.331 e. The summed E-state index contributed by atoms with van der Waals surface area (Å²) in [5.41, 5.74) is 2.08. The Balaban J connectivity index is 1.69. The number of hydrogen-bond acceptors (Lipinski definition) is 3. The first kappa shape index (κ1) is 16.9. The number of hydrogen-bond donors (Lipinski definition) is 1. The van der Waals surface area contributed by atoms with Crippen molar-refractivity contribution in [1.29, 1.82) is 0 Å². The molecule has 0 aliphatic carbocycles. The second kappa shape index (κ2) is 7.75. The smallest absolute Gasteiger partial charge is 0.318 e. The van der Waals surface area contributed by atoms with E-state index in [1.54, 1.807) is 6.20 Å². The molecule has 2 atom stereocenters. The van der Waals surface area contributed by atoms with E-state index in [-0.39, 0.29) is 12.1 Å².